The fourth-order valence-corrected chi connectivity index (χ4v) is 7.45. The van der Waals surface area contributed by atoms with Gasteiger partial charge in [-0.2, -0.15) is 0 Å². The summed E-state index contributed by atoms with van der Waals surface area (Å²) in [5.74, 6) is 1.52. The summed E-state index contributed by atoms with van der Waals surface area (Å²) in [7, 11) is 0. The van der Waals surface area contributed by atoms with Crippen LogP contribution in [0.15, 0.2) is 180 Å². The van der Waals surface area contributed by atoms with Gasteiger partial charge in [0, 0.05) is 27.6 Å². The van der Waals surface area contributed by atoms with E-state index in [4.69, 9.17) is 9.98 Å². The molecule has 0 aliphatic carbocycles. The number of hydrogen-bond acceptors (Lipinski definition) is 3. The van der Waals surface area contributed by atoms with Crippen molar-refractivity contribution in [3.8, 4) is 5.69 Å². The molecule has 1 aliphatic rings. The number of aliphatic imine (C=N–C) groups is 2. The molecule has 4 nitrogen and oxygen atoms in total. The van der Waals surface area contributed by atoms with Crippen molar-refractivity contribution in [2.75, 3.05) is 0 Å². The van der Waals surface area contributed by atoms with Gasteiger partial charge < -0.3 is 9.88 Å². The van der Waals surface area contributed by atoms with Crippen LogP contribution in [-0.2, 0) is 0 Å². The van der Waals surface area contributed by atoms with Crippen molar-refractivity contribution in [1.29, 1.82) is 0 Å². The van der Waals surface area contributed by atoms with Gasteiger partial charge in [0.25, 0.3) is 0 Å². The van der Waals surface area contributed by atoms with Crippen LogP contribution in [0.5, 0.6) is 0 Å². The highest BCUT2D eigenvalue weighted by Crippen LogP contribution is 2.40. The minimum atomic E-state index is -0.256. The van der Waals surface area contributed by atoms with Crippen molar-refractivity contribution in [3.05, 3.63) is 187 Å². The van der Waals surface area contributed by atoms with Gasteiger partial charge in [0.05, 0.1) is 11.0 Å². The van der Waals surface area contributed by atoms with Crippen LogP contribution in [-0.4, -0.2) is 16.2 Å². The summed E-state index contributed by atoms with van der Waals surface area (Å²) in [5, 5.41) is 13.6. The molecule has 0 radical (unpaired) electrons. The first-order valence-corrected chi connectivity index (χ1v) is 16.7. The molecular weight excluding hydrogens is 597 g/mol. The van der Waals surface area contributed by atoms with Gasteiger partial charge in [-0.05, 0) is 80.3 Å². The third kappa shape index (κ3) is 4.53. The number of benzene rings is 8. The molecule has 1 aliphatic heterocycles. The largest absolute Gasteiger partial charge is 0.344 e. The van der Waals surface area contributed by atoms with Crippen LogP contribution in [0.4, 0.5) is 0 Å². The first-order valence-electron chi connectivity index (χ1n) is 16.7. The van der Waals surface area contributed by atoms with Crippen molar-refractivity contribution in [2.24, 2.45) is 9.98 Å². The predicted octanol–water partition coefficient (Wildman–Crippen LogP) is 10.7. The molecule has 0 spiro atoms. The Balaban J connectivity index is 1.13. The summed E-state index contributed by atoms with van der Waals surface area (Å²) < 4.78 is 2.40. The fourth-order valence-electron chi connectivity index (χ4n) is 7.45. The molecule has 230 valence electrons. The van der Waals surface area contributed by atoms with Gasteiger partial charge in [0.15, 0.2) is 5.84 Å². The summed E-state index contributed by atoms with van der Waals surface area (Å²) in [4.78, 5) is 10.2. The van der Waals surface area contributed by atoms with Gasteiger partial charge in [-0.25, -0.2) is 9.98 Å². The normalized spacial score (nSPS) is 14.7. The number of fused-ring (bicyclic) bond motifs is 8. The summed E-state index contributed by atoms with van der Waals surface area (Å²) in [6, 6.07) is 60.4. The first-order chi connectivity index (χ1) is 24.3. The Morgan fingerprint density at radius 3 is 1.69 bits per heavy atom. The van der Waals surface area contributed by atoms with Crippen LogP contribution in [0.2, 0.25) is 0 Å². The third-order valence-electron chi connectivity index (χ3n) is 9.81. The van der Waals surface area contributed by atoms with Crippen molar-refractivity contribution in [2.45, 2.75) is 6.17 Å². The van der Waals surface area contributed by atoms with Crippen LogP contribution in [0.25, 0.3) is 59.8 Å². The molecule has 49 heavy (non-hydrogen) atoms. The standard InChI is InChI=1S/C45H30N4/c1-2-13-32(14-3-1)43-46-44(48-45(47-43)35-19-18-29-10-4-5-15-34(29)28-35)33-20-24-36(25-21-33)49-39-26-22-30-11-6-8-16-37(30)41(39)42-38-17-9-7-12-31(38)23-27-40(42)49/h1-28,43H,(H,46,47,48). The molecule has 4 heteroatoms. The van der Waals surface area contributed by atoms with Crippen molar-refractivity contribution in [3.63, 3.8) is 0 Å². The Morgan fingerprint density at radius 2 is 1.02 bits per heavy atom. The molecule has 2 heterocycles. The second-order valence-corrected chi connectivity index (χ2v) is 12.7. The van der Waals surface area contributed by atoms with Gasteiger partial charge >= 0.3 is 0 Å². The highest BCUT2D eigenvalue weighted by atomic mass is 15.2. The Hall–Kier alpha value is -6.52. The smallest absolute Gasteiger partial charge is 0.159 e. The van der Waals surface area contributed by atoms with E-state index in [1.54, 1.807) is 0 Å². The number of rotatable bonds is 4. The SMILES string of the molecule is c1ccc(C2N=C(c3ccc(-n4c5ccc6ccccc6c5c5c6ccccc6ccc54)cc3)N=C(c3ccc4ccccc4c3)N2)cc1. The summed E-state index contributed by atoms with van der Waals surface area (Å²) in [6.07, 6.45) is -0.256. The lowest BCUT2D eigenvalue weighted by Gasteiger charge is -2.24. The molecule has 8 aromatic carbocycles. The molecule has 1 atom stereocenters. The summed E-state index contributed by atoms with van der Waals surface area (Å²) in [5.41, 5.74) is 6.58. The lowest BCUT2D eigenvalue weighted by atomic mass is 10.00. The zero-order valence-electron chi connectivity index (χ0n) is 26.6. The van der Waals surface area contributed by atoms with Gasteiger partial charge in [-0.1, -0.05) is 127 Å². The average Bonchev–Trinajstić information content (AvgIpc) is 3.53. The minimum absolute atomic E-state index is 0.256. The van der Waals surface area contributed by atoms with Gasteiger partial charge in [0.2, 0.25) is 0 Å². The number of nitrogens with one attached hydrogen (secondary N) is 1. The van der Waals surface area contributed by atoms with Crippen LogP contribution < -0.4 is 5.32 Å². The average molecular weight is 627 g/mol. The van der Waals surface area contributed by atoms with E-state index in [1.165, 1.54) is 54.1 Å². The van der Waals surface area contributed by atoms with Crippen LogP contribution in [0.3, 0.4) is 0 Å². The molecular formula is C45H30N4. The quantitative estimate of drug-likeness (QED) is 0.207. The second-order valence-electron chi connectivity index (χ2n) is 12.7. The molecule has 1 unspecified atom stereocenters. The van der Waals surface area contributed by atoms with E-state index in [0.29, 0.717) is 5.84 Å². The maximum absolute atomic E-state index is 5.13. The Labute approximate surface area is 283 Å². The molecule has 10 rings (SSSR count). The molecule has 1 aromatic heterocycles. The van der Waals surface area contributed by atoms with Crippen LogP contribution in [0.1, 0.15) is 22.9 Å². The molecule has 0 saturated carbocycles. The Kier molecular flexibility index (Phi) is 6.21. The first kappa shape index (κ1) is 27.6. The van der Waals surface area contributed by atoms with Crippen LogP contribution >= 0.6 is 0 Å². The van der Waals surface area contributed by atoms with E-state index in [9.17, 15) is 0 Å². The third-order valence-corrected chi connectivity index (χ3v) is 9.81. The highest BCUT2D eigenvalue weighted by Gasteiger charge is 2.22. The molecule has 1 N–H and O–H groups in total. The minimum Gasteiger partial charge on any atom is -0.344 e. The zero-order chi connectivity index (χ0) is 32.3. The van der Waals surface area contributed by atoms with Crippen molar-refractivity contribution in [1.82, 2.24) is 9.88 Å². The monoisotopic (exact) mass is 626 g/mol. The lowest BCUT2D eigenvalue weighted by molar-refractivity contribution is 0.674. The number of hydrogen-bond donors (Lipinski definition) is 1. The van der Waals surface area contributed by atoms with E-state index in [1.807, 2.05) is 6.07 Å². The molecule has 0 bridgehead atoms. The summed E-state index contributed by atoms with van der Waals surface area (Å²) >= 11 is 0. The Morgan fingerprint density at radius 1 is 0.469 bits per heavy atom. The van der Waals surface area contributed by atoms with Gasteiger partial charge in [0.1, 0.15) is 12.0 Å². The van der Waals surface area contributed by atoms with E-state index in [0.717, 1.165) is 28.2 Å². The van der Waals surface area contributed by atoms with Crippen LogP contribution in [0, 0.1) is 0 Å². The second kappa shape index (κ2) is 11.0. The number of aromatic nitrogens is 1. The predicted molar refractivity (Wildman–Crippen MR) is 205 cm³/mol. The van der Waals surface area contributed by atoms with E-state index >= 15 is 0 Å². The zero-order valence-corrected chi connectivity index (χ0v) is 26.6. The molecule has 0 fully saturated rings. The van der Waals surface area contributed by atoms with E-state index < -0.39 is 0 Å². The molecule has 0 amide bonds. The van der Waals surface area contributed by atoms with E-state index in [-0.39, 0.29) is 6.17 Å². The van der Waals surface area contributed by atoms with Crippen molar-refractivity contribution >= 4 is 65.8 Å². The lowest BCUT2D eigenvalue weighted by Crippen LogP contribution is -2.33. The maximum Gasteiger partial charge on any atom is 0.159 e. The molecule has 9 aromatic rings. The maximum atomic E-state index is 5.13. The highest BCUT2D eigenvalue weighted by molar-refractivity contribution is 6.28. The number of amidine groups is 2. The van der Waals surface area contributed by atoms with Gasteiger partial charge in [-0.3, -0.25) is 0 Å². The Bertz CT molecular complexity index is 2700. The summed E-state index contributed by atoms with van der Waals surface area (Å²) in [6.45, 7) is 0. The fraction of sp³-hybridized carbons (Fsp3) is 0.0222. The molecule has 0 saturated heterocycles. The topological polar surface area (TPSA) is 41.7 Å². The van der Waals surface area contributed by atoms with Gasteiger partial charge in [-0.15, -0.1) is 0 Å². The van der Waals surface area contributed by atoms with E-state index in [2.05, 4.69) is 174 Å². The van der Waals surface area contributed by atoms with Crippen molar-refractivity contribution < 1.29 is 0 Å². The number of nitrogens with zero attached hydrogens (tertiary/aromatic N) is 3.